The van der Waals surface area contributed by atoms with E-state index >= 15 is 0 Å². The number of anilines is 1. The second-order valence-electron chi connectivity index (χ2n) is 3.71. The maximum Gasteiger partial charge on any atom is 0.126 e. The van der Waals surface area contributed by atoms with Crippen LogP contribution < -0.4 is 5.32 Å². The molecule has 0 unspecified atom stereocenters. The average Bonchev–Trinajstić information content (AvgIpc) is 2.82. The third-order valence-corrected chi connectivity index (χ3v) is 3.20. The highest BCUT2D eigenvalue weighted by Gasteiger charge is 1.98. The summed E-state index contributed by atoms with van der Waals surface area (Å²) in [6.07, 6.45) is 4.54. The summed E-state index contributed by atoms with van der Waals surface area (Å²) in [5.41, 5.74) is 0.992. The summed E-state index contributed by atoms with van der Waals surface area (Å²) in [4.78, 5) is 4.41. The molecule has 0 aromatic carbocycles. The van der Waals surface area contributed by atoms with E-state index < -0.39 is 0 Å². The van der Waals surface area contributed by atoms with Gasteiger partial charge in [0.2, 0.25) is 0 Å². The van der Waals surface area contributed by atoms with Crippen LogP contribution in [-0.4, -0.2) is 26.5 Å². The molecule has 0 saturated carbocycles. The van der Waals surface area contributed by atoms with E-state index in [1.54, 1.807) is 6.20 Å². The van der Waals surface area contributed by atoms with Gasteiger partial charge in [-0.1, -0.05) is 5.21 Å². The van der Waals surface area contributed by atoms with E-state index in [0.717, 1.165) is 35.5 Å². The van der Waals surface area contributed by atoms with E-state index in [1.807, 2.05) is 29.9 Å². The van der Waals surface area contributed by atoms with Gasteiger partial charge in [-0.2, -0.15) is 0 Å². The molecule has 0 saturated heterocycles. The Morgan fingerprint density at radius 2 is 2.29 bits per heavy atom. The second kappa shape index (κ2) is 5.77. The normalized spacial score (nSPS) is 10.5. The Bertz CT molecular complexity index is 469. The highest BCUT2D eigenvalue weighted by atomic mass is 79.9. The van der Waals surface area contributed by atoms with Gasteiger partial charge in [0.15, 0.2) is 0 Å². The van der Waals surface area contributed by atoms with Crippen LogP contribution in [0.15, 0.2) is 29.0 Å². The van der Waals surface area contributed by atoms with Crippen LogP contribution >= 0.6 is 15.9 Å². The molecule has 2 aromatic rings. The van der Waals surface area contributed by atoms with Crippen molar-refractivity contribution in [1.29, 1.82) is 0 Å². The monoisotopic (exact) mass is 295 g/mol. The molecule has 2 heterocycles. The molecule has 17 heavy (non-hydrogen) atoms. The van der Waals surface area contributed by atoms with Crippen LogP contribution in [-0.2, 0) is 6.54 Å². The molecule has 0 atom stereocenters. The highest BCUT2D eigenvalue weighted by molar-refractivity contribution is 9.10. The van der Waals surface area contributed by atoms with Crippen molar-refractivity contribution < 1.29 is 0 Å². The van der Waals surface area contributed by atoms with E-state index in [2.05, 4.69) is 36.5 Å². The smallest absolute Gasteiger partial charge is 0.126 e. The van der Waals surface area contributed by atoms with Gasteiger partial charge in [0, 0.05) is 23.8 Å². The molecule has 0 aliphatic carbocycles. The number of aryl methyl sites for hydroxylation is 2. The Kier molecular flexibility index (Phi) is 4.08. The first-order chi connectivity index (χ1) is 8.25. The zero-order chi connectivity index (χ0) is 12.1. The molecule has 6 heteroatoms. The third-order valence-electron chi connectivity index (χ3n) is 2.36. The molecular weight excluding hydrogens is 282 g/mol. The van der Waals surface area contributed by atoms with E-state index in [4.69, 9.17) is 0 Å². The largest absolute Gasteiger partial charge is 0.370 e. The summed E-state index contributed by atoms with van der Waals surface area (Å²) < 4.78 is 2.85. The van der Waals surface area contributed by atoms with Crippen molar-refractivity contribution in [2.45, 2.75) is 19.9 Å². The quantitative estimate of drug-likeness (QED) is 0.860. The summed E-state index contributed by atoms with van der Waals surface area (Å²) in [5.74, 6) is 0.907. The molecule has 0 aliphatic heterocycles. The summed E-state index contributed by atoms with van der Waals surface area (Å²) in [6.45, 7) is 3.71. The molecular formula is C11H14BrN5. The fraction of sp³-hybridized carbons (Fsp3) is 0.364. The SMILES string of the molecule is Cc1nc(NCCCn2ccnn2)ccc1Br. The lowest BCUT2D eigenvalue weighted by molar-refractivity contribution is 0.569. The van der Waals surface area contributed by atoms with Gasteiger partial charge >= 0.3 is 0 Å². The number of pyridine rings is 1. The molecule has 0 spiro atoms. The molecule has 5 nitrogen and oxygen atoms in total. The van der Waals surface area contributed by atoms with E-state index in [9.17, 15) is 0 Å². The lowest BCUT2D eigenvalue weighted by Gasteiger charge is -2.06. The maximum atomic E-state index is 4.41. The highest BCUT2D eigenvalue weighted by Crippen LogP contribution is 2.15. The van der Waals surface area contributed by atoms with Crippen LogP contribution in [0.25, 0.3) is 0 Å². The first kappa shape index (κ1) is 12.0. The fourth-order valence-corrected chi connectivity index (χ4v) is 1.67. The van der Waals surface area contributed by atoms with Gasteiger partial charge in [0.25, 0.3) is 0 Å². The number of rotatable bonds is 5. The Hall–Kier alpha value is -1.43. The van der Waals surface area contributed by atoms with Crippen LogP contribution in [0.5, 0.6) is 0 Å². The predicted octanol–water partition coefficient (Wildman–Crippen LogP) is 2.25. The molecule has 0 amide bonds. The summed E-state index contributed by atoms with van der Waals surface area (Å²) in [6, 6.07) is 3.97. The van der Waals surface area contributed by atoms with Crippen molar-refractivity contribution in [1.82, 2.24) is 20.0 Å². The minimum atomic E-state index is 0.864. The maximum absolute atomic E-state index is 4.41. The number of hydrogen-bond donors (Lipinski definition) is 1. The zero-order valence-corrected chi connectivity index (χ0v) is 11.2. The number of halogens is 1. The van der Waals surface area contributed by atoms with Crippen molar-refractivity contribution in [3.05, 3.63) is 34.7 Å². The fourth-order valence-electron chi connectivity index (χ4n) is 1.45. The minimum Gasteiger partial charge on any atom is -0.370 e. The van der Waals surface area contributed by atoms with Crippen LogP contribution in [0.1, 0.15) is 12.1 Å². The van der Waals surface area contributed by atoms with Crippen molar-refractivity contribution in [3.8, 4) is 0 Å². The first-order valence-corrected chi connectivity index (χ1v) is 6.26. The second-order valence-corrected chi connectivity index (χ2v) is 4.56. The van der Waals surface area contributed by atoms with Gasteiger partial charge < -0.3 is 5.32 Å². The molecule has 2 aromatic heterocycles. The molecule has 2 rings (SSSR count). The van der Waals surface area contributed by atoms with Crippen LogP contribution in [0, 0.1) is 6.92 Å². The van der Waals surface area contributed by atoms with Gasteiger partial charge in [-0.25, -0.2) is 4.98 Å². The topological polar surface area (TPSA) is 55.6 Å². The van der Waals surface area contributed by atoms with Gasteiger partial charge in [-0.05, 0) is 41.4 Å². The van der Waals surface area contributed by atoms with Crippen molar-refractivity contribution in [2.24, 2.45) is 0 Å². The van der Waals surface area contributed by atoms with Gasteiger partial charge in [-0.3, -0.25) is 4.68 Å². The van der Waals surface area contributed by atoms with E-state index in [0.29, 0.717) is 0 Å². The predicted molar refractivity (Wildman–Crippen MR) is 69.8 cm³/mol. The van der Waals surface area contributed by atoms with Crippen LogP contribution in [0.2, 0.25) is 0 Å². The molecule has 90 valence electrons. The summed E-state index contributed by atoms with van der Waals surface area (Å²) in [5, 5.41) is 10.9. The molecule has 0 fully saturated rings. The van der Waals surface area contributed by atoms with Crippen molar-refractivity contribution >= 4 is 21.7 Å². The average molecular weight is 296 g/mol. The Morgan fingerprint density at radius 3 is 3.00 bits per heavy atom. The molecule has 0 aliphatic rings. The third kappa shape index (κ3) is 3.52. The standard InChI is InChI=1S/C11H14BrN5/c1-9-10(12)3-4-11(15-9)13-5-2-7-17-8-6-14-16-17/h3-4,6,8H,2,5,7H2,1H3,(H,13,15). The Morgan fingerprint density at radius 1 is 1.41 bits per heavy atom. The lowest BCUT2D eigenvalue weighted by atomic mass is 10.3. The number of nitrogens with one attached hydrogen (secondary N) is 1. The van der Waals surface area contributed by atoms with Gasteiger partial charge in [-0.15, -0.1) is 5.10 Å². The molecule has 1 N–H and O–H groups in total. The molecule has 0 radical (unpaired) electrons. The minimum absolute atomic E-state index is 0.864. The number of hydrogen-bond acceptors (Lipinski definition) is 4. The Labute approximate surface area is 108 Å². The zero-order valence-electron chi connectivity index (χ0n) is 9.60. The number of nitrogens with zero attached hydrogens (tertiary/aromatic N) is 4. The van der Waals surface area contributed by atoms with Crippen molar-refractivity contribution in [3.63, 3.8) is 0 Å². The van der Waals surface area contributed by atoms with Gasteiger partial charge in [0.1, 0.15) is 5.82 Å². The first-order valence-electron chi connectivity index (χ1n) is 5.47. The van der Waals surface area contributed by atoms with E-state index in [1.165, 1.54) is 0 Å². The van der Waals surface area contributed by atoms with Crippen LogP contribution in [0.3, 0.4) is 0 Å². The Balaban J connectivity index is 1.76. The van der Waals surface area contributed by atoms with Crippen molar-refractivity contribution in [2.75, 3.05) is 11.9 Å². The lowest BCUT2D eigenvalue weighted by Crippen LogP contribution is -2.08. The summed E-state index contributed by atoms with van der Waals surface area (Å²) in [7, 11) is 0. The van der Waals surface area contributed by atoms with Crippen LogP contribution in [0.4, 0.5) is 5.82 Å². The number of aromatic nitrogens is 4. The molecule has 0 bridgehead atoms. The van der Waals surface area contributed by atoms with E-state index in [-0.39, 0.29) is 0 Å². The summed E-state index contributed by atoms with van der Waals surface area (Å²) >= 11 is 3.43. The van der Waals surface area contributed by atoms with Gasteiger partial charge in [0.05, 0.1) is 11.9 Å².